The number of anilines is 3. The highest BCUT2D eigenvalue weighted by atomic mass is 35.5. The molecule has 36 heavy (non-hydrogen) atoms. The highest BCUT2D eigenvalue weighted by Crippen LogP contribution is 2.22. The van der Waals surface area contributed by atoms with Crippen LogP contribution in [0.5, 0.6) is 0 Å². The van der Waals surface area contributed by atoms with Gasteiger partial charge in [-0.3, -0.25) is 14.6 Å². The van der Waals surface area contributed by atoms with Crippen molar-refractivity contribution in [3.8, 4) is 0 Å². The van der Waals surface area contributed by atoms with Crippen molar-refractivity contribution in [2.24, 2.45) is 0 Å². The Morgan fingerprint density at radius 3 is 2.25 bits per heavy atom. The van der Waals surface area contributed by atoms with Gasteiger partial charge in [-0.25, -0.2) is 9.18 Å². The molecule has 0 aromatic heterocycles. The van der Waals surface area contributed by atoms with Crippen LogP contribution in [0.4, 0.5) is 26.2 Å². The van der Waals surface area contributed by atoms with E-state index in [0.29, 0.717) is 54.0 Å². The van der Waals surface area contributed by atoms with Gasteiger partial charge in [0.1, 0.15) is 5.82 Å². The minimum Gasteiger partial charge on any atom is -0.379 e. The van der Waals surface area contributed by atoms with E-state index in [1.807, 2.05) is 0 Å². The third kappa shape index (κ3) is 6.95. The van der Waals surface area contributed by atoms with Crippen LogP contribution in [-0.2, 0) is 4.74 Å². The molecule has 7 nitrogen and oxygen atoms in total. The monoisotopic (exact) mass is 530 g/mol. The van der Waals surface area contributed by atoms with Crippen molar-refractivity contribution >= 4 is 52.2 Å². The first-order valence-corrected chi connectivity index (χ1v) is 12.2. The number of rotatable bonds is 7. The molecular formula is C26H25Cl2FN4O3. The first-order valence-electron chi connectivity index (χ1n) is 11.4. The number of halogens is 3. The fraction of sp³-hybridized carbons (Fsp3) is 0.231. The van der Waals surface area contributed by atoms with E-state index in [-0.39, 0.29) is 17.0 Å². The maximum absolute atomic E-state index is 13.4. The summed E-state index contributed by atoms with van der Waals surface area (Å²) in [5, 5.41) is 6.09. The van der Waals surface area contributed by atoms with Gasteiger partial charge >= 0.3 is 6.03 Å². The molecule has 1 aliphatic heterocycles. The van der Waals surface area contributed by atoms with Crippen LogP contribution in [0.2, 0.25) is 10.0 Å². The second kappa shape index (κ2) is 12.2. The topological polar surface area (TPSA) is 73.9 Å². The van der Waals surface area contributed by atoms with E-state index in [1.165, 1.54) is 18.2 Å². The molecule has 1 fully saturated rings. The minimum atomic E-state index is -0.562. The van der Waals surface area contributed by atoms with Crippen LogP contribution >= 0.6 is 23.2 Å². The third-order valence-corrected chi connectivity index (χ3v) is 6.24. The van der Waals surface area contributed by atoms with Gasteiger partial charge in [0, 0.05) is 53.8 Å². The summed E-state index contributed by atoms with van der Waals surface area (Å²) in [6.07, 6.45) is 0. The standard InChI is InChI=1S/C26H25Cl2FN4O3/c27-19-3-5-20(6-4-19)31-26(35)33(12-11-32-13-15-36-16-14-32)22-8-1-18(2-9-22)25(34)30-21-7-10-24(29)23(28)17-21/h1-10,17H,11-16H2,(H,30,34)(H,31,35). The molecule has 1 saturated heterocycles. The van der Waals surface area contributed by atoms with Gasteiger partial charge < -0.3 is 15.4 Å². The van der Waals surface area contributed by atoms with Gasteiger partial charge in [0.15, 0.2) is 0 Å². The summed E-state index contributed by atoms with van der Waals surface area (Å²) >= 11 is 11.7. The minimum absolute atomic E-state index is 0.0780. The zero-order valence-electron chi connectivity index (χ0n) is 19.3. The number of morpholine rings is 1. The van der Waals surface area contributed by atoms with Crippen LogP contribution in [0.1, 0.15) is 10.4 Å². The van der Waals surface area contributed by atoms with Gasteiger partial charge in [0.25, 0.3) is 5.91 Å². The van der Waals surface area contributed by atoms with E-state index in [2.05, 4.69) is 15.5 Å². The zero-order valence-corrected chi connectivity index (χ0v) is 20.9. The van der Waals surface area contributed by atoms with Crippen LogP contribution in [0.3, 0.4) is 0 Å². The Balaban J connectivity index is 1.48. The highest BCUT2D eigenvalue weighted by Gasteiger charge is 2.19. The quantitative estimate of drug-likeness (QED) is 0.407. The summed E-state index contributed by atoms with van der Waals surface area (Å²) in [5.41, 5.74) is 2.02. The fourth-order valence-corrected chi connectivity index (χ4v) is 4.01. The molecule has 3 aromatic carbocycles. The Kier molecular flexibility index (Phi) is 8.77. The van der Waals surface area contributed by atoms with Gasteiger partial charge in [-0.2, -0.15) is 0 Å². The first kappa shape index (κ1) is 25.9. The number of carbonyl (C=O) groups is 2. The average Bonchev–Trinajstić information content (AvgIpc) is 2.89. The number of hydrogen-bond donors (Lipinski definition) is 2. The van der Waals surface area contributed by atoms with E-state index in [0.717, 1.165) is 13.1 Å². The molecule has 0 radical (unpaired) electrons. The van der Waals surface area contributed by atoms with Crippen molar-refractivity contribution in [2.45, 2.75) is 0 Å². The molecule has 188 valence electrons. The molecule has 3 aromatic rings. The molecule has 0 saturated carbocycles. The van der Waals surface area contributed by atoms with Crippen LogP contribution in [0.25, 0.3) is 0 Å². The van der Waals surface area contributed by atoms with Gasteiger partial charge in [0.2, 0.25) is 0 Å². The highest BCUT2D eigenvalue weighted by molar-refractivity contribution is 6.31. The number of amides is 3. The van der Waals surface area contributed by atoms with Crippen LogP contribution in [0.15, 0.2) is 66.7 Å². The van der Waals surface area contributed by atoms with Crippen molar-refractivity contribution in [2.75, 3.05) is 54.9 Å². The molecule has 3 amide bonds. The molecule has 0 atom stereocenters. The first-order chi connectivity index (χ1) is 17.4. The number of benzene rings is 3. The van der Waals surface area contributed by atoms with E-state index in [4.69, 9.17) is 27.9 Å². The summed E-state index contributed by atoms with van der Waals surface area (Å²) in [5.74, 6) is -0.942. The molecule has 0 bridgehead atoms. The van der Waals surface area contributed by atoms with Crippen molar-refractivity contribution in [3.05, 3.63) is 88.2 Å². The number of hydrogen-bond acceptors (Lipinski definition) is 4. The molecular weight excluding hydrogens is 506 g/mol. The summed E-state index contributed by atoms with van der Waals surface area (Å²) in [7, 11) is 0. The summed E-state index contributed by atoms with van der Waals surface area (Å²) in [6.45, 7) is 4.06. The summed E-state index contributed by atoms with van der Waals surface area (Å²) in [6, 6.07) is 17.2. The predicted molar refractivity (Wildman–Crippen MR) is 141 cm³/mol. The smallest absolute Gasteiger partial charge is 0.326 e. The van der Waals surface area contributed by atoms with Crippen LogP contribution < -0.4 is 15.5 Å². The number of nitrogens with zero attached hydrogens (tertiary/aromatic N) is 2. The molecule has 0 spiro atoms. The van der Waals surface area contributed by atoms with Crippen molar-refractivity contribution in [3.63, 3.8) is 0 Å². The molecule has 0 unspecified atom stereocenters. The molecule has 1 aliphatic rings. The number of ether oxygens (including phenoxy) is 1. The van der Waals surface area contributed by atoms with E-state index in [1.54, 1.807) is 53.4 Å². The lowest BCUT2D eigenvalue weighted by molar-refractivity contribution is 0.0393. The Labute approximate surface area is 218 Å². The fourth-order valence-electron chi connectivity index (χ4n) is 3.71. The van der Waals surface area contributed by atoms with Gasteiger partial charge in [-0.05, 0) is 66.7 Å². The Hall–Kier alpha value is -3.17. The van der Waals surface area contributed by atoms with Gasteiger partial charge in [-0.15, -0.1) is 0 Å². The lowest BCUT2D eigenvalue weighted by atomic mass is 10.1. The maximum Gasteiger partial charge on any atom is 0.326 e. The molecule has 10 heteroatoms. The Morgan fingerprint density at radius 1 is 0.917 bits per heavy atom. The van der Waals surface area contributed by atoms with Crippen molar-refractivity contribution in [1.29, 1.82) is 0 Å². The molecule has 2 N–H and O–H groups in total. The van der Waals surface area contributed by atoms with E-state index < -0.39 is 5.82 Å². The van der Waals surface area contributed by atoms with Crippen LogP contribution in [-0.4, -0.2) is 56.2 Å². The maximum atomic E-state index is 13.4. The number of urea groups is 1. The molecule has 4 rings (SSSR count). The Bertz CT molecular complexity index is 1200. The van der Waals surface area contributed by atoms with E-state index in [9.17, 15) is 14.0 Å². The molecule has 0 aliphatic carbocycles. The summed E-state index contributed by atoms with van der Waals surface area (Å²) < 4.78 is 18.8. The third-order valence-electron chi connectivity index (χ3n) is 5.70. The second-order valence-electron chi connectivity index (χ2n) is 8.17. The normalized spacial score (nSPS) is 13.8. The SMILES string of the molecule is O=C(Nc1ccc(F)c(Cl)c1)c1ccc(N(CCN2CCOCC2)C(=O)Nc2ccc(Cl)cc2)cc1. The lowest BCUT2D eigenvalue weighted by Crippen LogP contribution is -2.44. The van der Waals surface area contributed by atoms with Gasteiger partial charge in [0.05, 0.1) is 18.2 Å². The number of carbonyl (C=O) groups excluding carboxylic acids is 2. The van der Waals surface area contributed by atoms with E-state index >= 15 is 0 Å². The average molecular weight is 531 g/mol. The van der Waals surface area contributed by atoms with Crippen molar-refractivity contribution < 1.29 is 18.7 Å². The lowest BCUT2D eigenvalue weighted by Gasteiger charge is -2.30. The van der Waals surface area contributed by atoms with Gasteiger partial charge in [-0.1, -0.05) is 23.2 Å². The summed E-state index contributed by atoms with van der Waals surface area (Å²) in [4.78, 5) is 29.7. The number of nitrogens with one attached hydrogen (secondary N) is 2. The van der Waals surface area contributed by atoms with Crippen LogP contribution in [0, 0.1) is 5.82 Å². The predicted octanol–water partition coefficient (Wildman–Crippen LogP) is 5.76. The molecule has 1 heterocycles. The van der Waals surface area contributed by atoms with Crippen molar-refractivity contribution in [1.82, 2.24) is 4.90 Å². The zero-order chi connectivity index (χ0) is 25.5. The second-order valence-corrected chi connectivity index (χ2v) is 9.02. The largest absolute Gasteiger partial charge is 0.379 e. The Morgan fingerprint density at radius 2 is 1.58 bits per heavy atom.